The van der Waals surface area contributed by atoms with E-state index in [0.717, 1.165) is 15.9 Å². The molecule has 0 radical (unpaired) electrons. The van der Waals surface area contributed by atoms with Crippen molar-refractivity contribution in [1.82, 2.24) is 9.78 Å². The van der Waals surface area contributed by atoms with Crippen molar-refractivity contribution in [2.45, 2.75) is 13.8 Å². The number of thiophene rings is 1. The molecule has 0 spiro atoms. The number of hydrogen-bond acceptors (Lipinski definition) is 3. The molecule has 0 aliphatic heterocycles. The number of nitrogens with zero attached hydrogens (tertiary/aromatic N) is 2. The third-order valence-electron chi connectivity index (χ3n) is 2.60. The Balaban J connectivity index is 2.54. The van der Waals surface area contributed by atoms with Crippen LogP contribution in [0.1, 0.15) is 27.3 Å². The summed E-state index contributed by atoms with van der Waals surface area (Å²) < 4.78 is 2.59. The first-order valence-corrected chi connectivity index (χ1v) is 6.52. The fourth-order valence-electron chi connectivity index (χ4n) is 1.68. The lowest BCUT2D eigenvalue weighted by Gasteiger charge is -2.00. The maximum absolute atomic E-state index is 12.3. The van der Waals surface area contributed by atoms with Gasteiger partial charge in [-0.25, -0.2) is 0 Å². The minimum Gasteiger partial charge on any atom is -0.288 e. The van der Waals surface area contributed by atoms with Gasteiger partial charge >= 0.3 is 0 Å². The Morgan fingerprint density at radius 2 is 2.12 bits per heavy atom. The predicted molar refractivity (Wildman–Crippen MR) is 68.1 cm³/mol. The fourth-order valence-corrected chi connectivity index (χ4v) is 3.13. The van der Waals surface area contributed by atoms with E-state index in [4.69, 9.17) is 0 Å². The van der Waals surface area contributed by atoms with Crippen LogP contribution in [0.3, 0.4) is 0 Å². The van der Waals surface area contributed by atoms with Gasteiger partial charge in [0.25, 0.3) is 0 Å². The summed E-state index contributed by atoms with van der Waals surface area (Å²) >= 11 is 4.90. The van der Waals surface area contributed by atoms with Crippen molar-refractivity contribution in [2.75, 3.05) is 0 Å². The van der Waals surface area contributed by atoms with Gasteiger partial charge in [0.05, 0.1) is 11.3 Å². The highest BCUT2D eigenvalue weighted by atomic mass is 79.9. The van der Waals surface area contributed by atoms with Crippen LogP contribution in [0.25, 0.3) is 0 Å². The molecule has 0 aliphatic carbocycles. The maximum atomic E-state index is 12.3. The van der Waals surface area contributed by atoms with Gasteiger partial charge in [0.1, 0.15) is 0 Å². The number of halogens is 1. The second-order valence-electron chi connectivity index (χ2n) is 3.63. The van der Waals surface area contributed by atoms with E-state index in [1.165, 1.54) is 11.3 Å². The van der Waals surface area contributed by atoms with Gasteiger partial charge in [-0.15, -0.1) is 0 Å². The minimum atomic E-state index is 0.0382. The molecule has 0 N–H and O–H groups in total. The lowest BCUT2D eigenvalue weighted by molar-refractivity contribution is 0.103. The molecule has 0 bridgehead atoms. The van der Waals surface area contributed by atoms with E-state index >= 15 is 0 Å². The van der Waals surface area contributed by atoms with Crippen molar-refractivity contribution < 1.29 is 4.79 Å². The number of hydrogen-bond donors (Lipinski definition) is 0. The molecule has 0 aliphatic rings. The van der Waals surface area contributed by atoms with Gasteiger partial charge in [0.15, 0.2) is 5.78 Å². The molecule has 0 unspecified atom stereocenters. The van der Waals surface area contributed by atoms with Gasteiger partial charge in [-0.3, -0.25) is 9.48 Å². The molecular formula is C11H11BrN2OS. The maximum Gasteiger partial charge on any atom is 0.198 e. The topological polar surface area (TPSA) is 34.9 Å². The molecule has 2 aromatic rings. The highest BCUT2D eigenvalue weighted by Gasteiger charge is 2.20. The Morgan fingerprint density at radius 1 is 1.44 bits per heavy atom. The Bertz CT molecular complexity index is 556. The van der Waals surface area contributed by atoms with Crippen LogP contribution in [0.5, 0.6) is 0 Å². The molecule has 84 valence electrons. The molecule has 0 saturated heterocycles. The fraction of sp³-hybridized carbons (Fsp3) is 0.273. The zero-order valence-corrected chi connectivity index (χ0v) is 11.6. The van der Waals surface area contributed by atoms with Gasteiger partial charge in [0, 0.05) is 33.5 Å². The molecule has 2 aromatic heterocycles. The monoisotopic (exact) mass is 298 g/mol. The van der Waals surface area contributed by atoms with Crippen molar-refractivity contribution in [3.63, 3.8) is 0 Å². The van der Waals surface area contributed by atoms with Crippen LogP contribution < -0.4 is 0 Å². The van der Waals surface area contributed by atoms with Gasteiger partial charge in [-0.05, 0) is 29.8 Å². The van der Waals surface area contributed by atoms with Gasteiger partial charge in [-0.1, -0.05) is 0 Å². The minimum absolute atomic E-state index is 0.0382. The largest absolute Gasteiger partial charge is 0.288 e. The highest BCUT2D eigenvalue weighted by Crippen LogP contribution is 2.26. The van der Waals surface area contributed by atoms with Crippen LogP contribution in [-0.4, -0.2) is 15.6 Å². The summed E-state index contributed by atoms with van der Waals surface area (Å²) in [6, 6.07) is 0. The molecular weight excluding hydrogens is 288 g/mol. The third kappa shape index (κ3) is 1.74. The van der Waals surface area contributed by atoms with Gasteiger partial charge in [-0.2, -0.15) is 16.4 Å². The van der Waals surface area contributed by atoms with Gasteiger partial charge < -0.3 is 0 Å². The van der Waals surface area contributed by atoms with E-state index in [1.54, 1.807) is 4.68 Å². The smallest absolute Gasteiger partial charge is 0.198 e. The third-order valence-corrected chi connectivity index (χ3v) is 4.30. The SMILES string of the molecule is Cc1nn(C)c(C)c1C(=O)c1cscc1Br. The first-order chi connectivity index (χ1) is 7.52. The number of carbonyl (C=O) groups excluding carboxylic acids is 1. The van der Waals surface area contributed by atoms with Crippen LogP contribution in [0, 0.1) is 13.8 Å². The Morgan fingerprint density at radius 3 is 2.56 bits per heavy atom. The zero-order chi connectivity index (χ0) is 11.9. The van der Waals surface area contributed by atoms with Crippen molar-refractivity contribution in [3.05, 3.63) is 37.7 Å². The number of ketones is 1. The lowest BCUT2D eigenvalue weighted by atomic mass is 10.0. The summed E-state index contributed by atoms with van der Waals surface area (Å²) in [6.07, 6.45) is 0. The summed E-state index contributed by atoms with van der Waals surface area (Å²) in [7, 11) is 1.85. The summed E-state index contributed by atoms with van der Waals surface area (Å²) in [5.41, 5.74) is 3.11. The number of rotatable bonds is 2. The molecule has 3 nitrogen and oxygen atoms in total. The molecule has 0 fully saturated rings. The summed E-state index contributed by atoms with van der Waals surface area (Å²) in [5.74, 6) is 0.0382. The van der Waals surface area contributed by atoms with Crippen molar-refractivity contribution >= 4 is 33.0 Å². The molecule has 0 saturated carbocycles. The van der Waals surface area contributed by atoms with Gasteiger partial charge in [0.2, 0.25) is 0 Å². The van der Waals surface area contributed by atoms with Crippen LogP contribution >= 0.6 is 27.3 Å². The highest BCUT2D eigenvalue weighted by molar-refractivity contribution is 9.10. The van der Waals surface area contributed by atoms with Crippen LogP contribution in [0.2, 0.25) is 0 Å². The molecule has 5 heteroatoms. The second kappa shape index (κ2) is 4.14. The molecule has 2 heterocycles. The van der Waals surface area contributed by atoms with E-state index in [1.807, 2.05) is 31.7 Å². The number of carbonyl (C=O) groups is 1. The van der Waals surface area contributed by atoms with E-state index in [9.17, 15) is 4.79 Å². The Labute approximate surface area is 106 Å². The average Bonchev–Trinajstić information content (AvgIpc) is 2.73. The Kier molecular flexibility index (Phi) is 2.99. The van der Waals surface area contributed by atoms with E-state index in [-0.39, 0.29) is 5.78 Å². The predicted octanol–water partition coefficient (Wildman–Crippen LogP) is 3.09. The molecule has 2 rings (SSSR count). The van der Waals surface area contributed by atoms with Crippen molar-refractivity contribution in [2.24, 2.45) is 7.05 Å². The summed E-state index contributed by atoms with van der Waals surface area (Å²) in [6.45, 7) is 3.77. The first kappa shape index (κ1) is 11.5. The number of aryl methyl sites for hydroxylation is 2. The normalized spacial score (nSPS) is 10.8. The number of aromatic nitrogens is 2. The quantitative estimate of drug-likeness (QED) is 0.799. The summed E-state index contributed by atoms with van der Waals surface area (Å²) in [4.78, 5) is 12.3. The van der Waals surface area contributed by atoms with E-state index in [2.05, 4.69) is 21.0 Å². The molecule has 0 amide bonds. The average molecular weight is 299 g/mol. The van der Waals surface area contributed by atoms with Crippen molar-refractivity contribution in [1.29, 1.82) is 0 Å². The summed E-state index contributed by atoms with van der Waals surface area (Å²) in [5, 5.41) is 8.03. The second-order valence-corrected chi connectivity index (χ2v) is 5.23. The van der Waals surface area contributed by atoms with E-state index in [0.29, 0.717) is 11.1 Å². The first-order valence-electron chi connectivity index (χ1n) is 4.79. The lowest BCUT2D eigenvalue weighted by Crippen LogP contribution is -2.04. The van der Waals surface area contributed by atoms with E-state index < -0.39 is 0 Å². The Hall–Kier alpha value is -0.940. The molecule has 0 aromatic carbocycles. The van der Waals surface area contributed by atoms with Crippen LogP contribution in [0.4, 0.5) is 0 Å². The van der Waals surface area contributed by atoms with Crippen LogP contribution in [0.15, 0.2) is 15.2 Å². The molecule has 0 atom stereocenters. The van der Waals surface area contributed by atoms with Crippen molar-refractivity contribution in [3.8, 4) is 0 Å². The zero-order valence-electron chi connectivity index (χ0n) is 9.24. The van der Waals surface area contributed by atoms with Crippen LogP contribution in [-0.2, 0) is 7.05 Å². The standard InChI is InChI=1S/C11H11BrN2OS/c1-6-10(7(2)14(3)13-6)11(15)8-4-16-5-9(8)12/h4-5H,1-3H3. The molecule has 16 heavy (non-hydrogen) atoms.